The Balaban J connectivity index is 2.40. The lowest BCUT2D eigenvalue weighted by molar-refractivity contribution is -0.0588. The Labute approximate surface area is 74.9 Å². The summed E-state index contributed by atoms with van der Waals surface area (Å²) >= 11 is 0. The van der Waals surface area contributed by atoms with Crippen LogP contribution in [0.25, 0.3) is 0 Å². The molecular formula is C10H20O2. The Bertz CT molecular complexity index is 118. The van der Waals surface area contributed by atoms with Crippen LogP contribution in [0.15, 0.2) is 0 Å². The van der Waals surface area contributed by atoms with Gasteiger partial charge in [-0.2, -0.15) is 0 Å². The summed E-state index contributed by atoms with van der Waals surface area (Å²) in [4.78, 5) is 0. The van der Waals surface area contributed by atoms with Gasteiger partial charge in [0.1, 0.15) is 0 Å². The van der Waals surface area contributed by atoms with Gasteiger partial charge in [-0.05, 0) is 31.6 Å². The normalized spacial score (nSPS) is 33.8. The van der Waals surface area contributed by atoms with Crippen molar-refractivity contribution in [3.8, 4) is 0 Å². The smallest absolute Gasteiger partial charge is 0.0601 e. The highest BCUT2D eigenvalue weighted by atomic mass is 16.5. The Kier molecular flexibility index (Phi) is 3.53. The van der Waals surface area contributed by atoms with Crippen molar-refractivity contribution in [2.24, 2.45) is 11.8 Å². The van der Waals surface area contributed by atoms with Crippen LogP contribution < -0.4 is 0 Å². The van der Waals surface area contributed by atoms with Crippen LogP contribution in [0.5, 0.6) is 0 Å². The molecule has 3 atom stereocenters. The fourth-order valence-electron chi connectivity index (χ4n) is 1.76. The molecular weight excluding hydrogens is 152 g/mol. The zero-order valence-electron chi connectivity index (χ0n) is 8.29. The van der Waals surface area contributed by atoms with E-state index in [2.05, 4.69) is 13.8 Å². The van der Waals surface area contributed by atoms with E-state index in [0.717, 1.165) is 19.4 Å². The van der Waals surface area contributed by atoms with E-state index in [0.29, 0.717) is 17.9 Å². The molecule has 1 aliphatic rings. The second-order valence-corrected chi connectivity index (χ2v) is 4.18. The summed E-state index contributed by atoms with van der Waals surface area (Å²) in [6, 6.07) is 0. The summed E-state index contributed by atoms with van der Waals surface area (Å²) in [6.45, 7) is 7.05. The number of aliphatic hydroxyl groups is 1. The predicted molar refractivity (Wildman–Crippen MR) is 49.0 cm³/mol. The van der Waals surface area contributed by atoms with Gasteiger partial charge in [-0.1, -0.05) is 13.8 Å². The second-order valence-electron chi connectivity index (χ2n) is 4.18. The first kappa shape index (κ1) is 10.0. The van der Waals surface area contributed by atoms with Crippen LogP contribution in [0.4, 0.5) is 0 Å². The van der Waals surface area contributed by atoms with Gasteiger partial charge in [0.2, 0.25) is 0 Å². The summed E-state index contributed by atoms with van der Waals surface area (Å²) in [5.41, 5.74) is 0. The van der Waals surface area contributed by atoms with E-state index in [1.165, 1.54) is 0 Å². The largest absolute Gasteiger partial charge is 0.393 e. The summed E-state index contributed by atoms with van der Waals surface area (Å²) in [5, 5.41) is 9.42. The minimum absolute atomic E-state index is 0.171. The second kappa shape index (κ2) is 4.24. The number of hydrogen-bond acceptors (Lipinski definition) is 2. The average Bonchev–Trinajstić information content (AvgIpc) is 2.04. The molecule has 0 aromatic rings. The zero-order chi connectivity index (χ0) is 9.14. The molecule has 0 saturated carbocycles. The minimum Gasteiger partial charge on any atom is -0.393 e. The van der Waals surface area contributed by atoms with Crippen LogP contribution in [0.2, 0.25) is 0 Å². The first-order chi connectivity index (χ1) is 5.61. The van der Waals surface area contributed by atoms with Crippen LogP contribution in [0.3, 0.4) is 0 Å². The molecule has 1 rings (SSSR count). The minimum atomic E-state index is -0.171. The highest BCUT2D eigenvalue weighted by Crippen LogP contribution is 2.26. The van der Waals surface area contributed by atoms with Crippen molar-refractivity contribution in [3.63, 3.8) is 0 Å². The summed E-state index contributed by atoms with van der Waals surface area (Å²) in [5.74, 6) is 1.03. The molecule has 2 nitrogen and oxygen atoms in total. The van der Waals surface area contributed by atoms with Crippen LogP contribution in [-0.2, 0) is 4.74 Å². The fraction of sp³-hybridized carbons (Fsp3) is 1.00. The van der Waals surface area contributed by atoms with Gasteiger partial charge in [0.25, 0.3) is 0 Å². The molecule has 72 valence electrons. The zero-order valence-corrected chi connectivity index (χ0v) is 8.29. The van der Waals surface area contributed by atoms with Crippen LogP contribution >= 0.6 is 0 Å². The van der Waals surface area contributed by atoms with E-state index in [9.17, 15) is 5.11 Å². The Morgan fingerprint density at radius 1 is 1.33 bits per heavy atom. The molecule has 0 aliphatic carbocycles. The highest BCUT2D eigenvalue weighted by Gasteiger charge is 2.27. The van der Waals surface area contributed by atoms with Gasteiger partial charge >= 0.3 is 0 Å². The summed E-state index contributed by atoms with van der Waals surface area (Å²) in [6.07, 6.45) is 2.23. The Hall–Kier alpha value is -0.0800. The molecule has 0 spiro atoms. The lowest BCUT2D eigenvalue weighted by atomic mass is 9.87. The van der Waals surface area contributed by atoms with Gasteiger partial charge in [0, 0.05) is 6.61 Å². The van der Waals surface area contributed by atoms with Crippen LogP contribution in [0, 0.1) is 11.8 Å². The molecule has 0 amide bonds. The van der Waals surface area contributed by atoms with Gasteiger partial charge in [-0.3, -0.25) is 0 Å². The lowest BCUT2D eigenvalue weighted by Gasteiger charge is -2.33. The average molecular weight is 172 g/mol. The van der Waals surface area contributed by atoms with Crippen LogP contribution in [-0.4, -0.2) is 23.9 Å². The molecule has 1 fully saturated rings. The summed E-state index contributed by atoms with van der Waals surface area (Å²) in [7, 11) is 0. The topological polar surface area (TPSA) is 29.5 Å². The van der Waals surface area contributed by atoms with Gasteiger partial charge in [0.15, 0.2) is 0 Å². The molecule has 1 saturated heterocycles. The van der Waals surface area contributed by atoms with E-state index >= 15 is 0 Å². The third-order valence-corrected chi connectivity index (χ3v) is 2.78. The third kappa shape index (κ3) is 2.46. The number of rotatable bonds is 2. The molecule has 3 unspecified atom stereocenters. The van der Waals surface area contributed by atoms with Crippen molar-refractivity contribution in [2.45, 2.75) is 45.8 Å². The number of hydrogen-bond donors (Lipinski definition) is 1. The van der Waals surface area contributed by atoms with Gasteiger partial charge in [0.05, 0.1) is 12.2 Å². The monoisotopic (exact) mass is 172 g/mol. The third-order valence-electron chi connectivity index (χ3n) is 2.78. The first-order valence-corrected chi connectivity index (χ1v) is 4.91. The molecule has 1 N–H and O–H groups in total. The maximum atomic E-state index is 9.42. The van der Waals surface area contributed by atoms with Crippen molar-refractivity contribution in [1.29, 1.82) is 0 Å². The Morgan fingerprint density at radius 2 is 2.00 bits per heavy atom. The molecule has 0 radical (unpaired) electrons. The van der Waals surface area contributed by atoms with Gasteiger partial charge in [-0.15, -0.1) is 0 Å². The predicted octanol–water partition coefficient (Wildman–Crippen LogP) is 1.82. The van der Waals surface area contributed by atoms with E-state index in [4.69, 9.17) is 4.74 Å². The van der Waals surface area contributed by atoms with E-state index in [1.807, 2.05) is 6.92 Å². The van der Waals surface area contributed by atoms with Crippen molar-refractivity contribution in [3.05, 3.63) is 0 Å². The first-order valence-electron chi connectivity index (χ1n) is 4.91. The number of ether oxygens (including phenoxy) is 1. The molecule has 1 heterocycles. The SMILES string of the molecule is CC(C)C1CC(C(C)O)CCO1. The lowest BCUT2D eigenvalue weighted by Crippen LogP contribution is -2.34. The van der Waals surface area contributed by atoms with Crippen molar-refractivity contribution in [1.82, 2.24) is 0 Å². The molecule has 0 aromatic heterocycles. The van der Waals surface area contributed by atoms with E-state index in [-0.39, 0.29) is 6.10 Å². The molecule has 1 aliphatic heterocycles. The Morgan fingerprint density at radius 3 is 2.50 bits per heavy atom. The summed E-state index contributed by atoms with van der Waals surface area (Å²) < 4.78 is 5.61. The molecule has 0 bridgehead atoms. The van der Waals surface area contributed by atoms with Crippen LogP contribution in [0.1, 0.15) is 33.6 Å². The molecule has 12 heavy (non-hydrogen) atoms. The standard InChI is InChI=1S/C10H20O2/c1-7(2)10-6-9(8(3)11)4-5-12-10/h7-11H,4-6H2,1-3H3. The highest BCUT2D eigenvalue weighted by molar-refractivity contribution is 4.76. The van der Waals surface area contributed by atoms with Crippen molar-refractivity contribution >= 4 is 0 Å². The van der Waals surface area contributed by atoms with Crippen molar-refractivity contribution in [2.75, 3.05) is 6.61 Å². The van der Waals surface area contributed by atoms with Gasteiger partial charge < -0.3 is 9.84 Å². The van der Waals surface area contributed by atoms with Gasteiger partial charge in [-0.25, -0.2) is 0 Å². The van der Waals surface area contributed by atoms with E-state index < -0.39 is 0 Å². The maximum absolute atomic E-state index is 9.42. The fourth-order valence-corrected chi connectivity index (χ4v) is 1.76. The van der Waals surface area contributed by atoms with E-state index in [1.54, 1.807) is 0 Å². The maximum Gasteiger partial charge on any atom is 0.0601 e. The molecule has 0 aromatic carbocycles. The molecule has 2 heteroatoms. The quantitative estimate of drug-likeness (QED) is 0.688. The van der Waals surface area contributed by atoms with Crippen molar-refractivity contribution < 1.29 is 9.84 Å². The number of aliphatic hydroxyl groups excluding tert-OH is 1.